The topological polar surface area (TPSA) is 9.72 Å². The average molecular weight is 812 g/mol. The Kier molecular flexibility index (Phi) is 7.68. The number of rotatable bonds is 5. The van der Waals surface area contributed by atoms with E-state index in [0.29, 0.717) is 0 Å². The summed E-state index contributed by atoms with van der Waals surface area (Å²) in [6, 6.07) is 68.9. The van der Waals surface area contributed by atoms with E-state index in [1.807, 2.05) is 0 Å². The molecule has 3 nitrogen and oxygen atoms in total. The summed E-state index contributed by atoms with van der Waals surface area (Å²) in [7, 11) is 0. The standard InChI is InChI=1S/C59H50BN3/c1-57(2)46-24-16-26-50-54(46)60-55-47(57)25-17-27-51(55)62(44-31-28-41(29-32-44)39-18-8-5-9-19-39)53-38-45(37-52(56(53)60)61(50)43-22-12-7-13-23-43)63-49-33-30-42(40-20-10-6-11-21-40)36-48(49)58(3)34-14-15-35-59(58,63)4/h5-13,16-33,36-38H,14-15,34-35H2,1-4H3. The van der Waals surface area contributed by atoms with Crippen molar-refractivity contribution in [2.75, 3.05) is 14.7 Å². The SMILES string of the molecule is CC1(C)c2cccc3c2B2c4c(cc(N5c6ccc(-c7ccccc7)cc6C6(C)CCCCC56C)cc4N(c4ccc(-c5ccccc5)cc4)c4cccc1c42)N3c1ccccc1. The molecule has 1 saturated carbocycles. The van der Waals surface area contributed by atoms with Crippen LogP contribution in [-0.2, 0) is 10.8 Å². The van der Waals surface area contributed by atoms with Gasteiger partial charge in [0.25, 0.3) is 6.71 Å². The van der Waals surface area contributed by atoms with Crippen molar-refractivity contribution in [3.8, 4) is 22.3 Å². The van der Waals surface area contributed by atoms with Gasteiger partial charge in [0.2, 0.25) is 0 Å². The van der Waals surface area contributed by atoms with Crippen molar-refractivity contribution in [3.63, 3.8) is 0 Å². The van der Waals surface area contributed by atoms with Gasteiger partial charge in [-0.15, -0.1) is 0 Å². The van der Waals surface area contributed by atoms with E-state index in [4.69, 9.17) is 0 Å². The van der Waals surface area contributed by atoms with Crippen molar-refractivity contribution in [2.24, 2.45) is 0 Å². The van der Waals surface area contributed by atoms with Crippen LogP contribution in [0.4, 0.5) is 45.5 Å². The maximum absolute atomic E-state index is 2.79. The first-order valence-electron chi connectivity index (χ1n) is 23.0. The van der Waals surface area contributed by atoms with Gasteiger partial charge in [-0.2, -0.15) is 0 Å². The fourth-order valence-electron chi connectivity index (χ4n) is 13.0. The molecule has 5 aliphatic rings. The summed E-state index contributed by atoms with van der Waals surface area (Å²) in [6.07, 6.45) is 4.77. The summed E-state index contributed by atoms with van der Waals surface area (Å²) in [5.41, 5.74) is 23.3. The predicted octanol–water partition coefficient (Wildman–Crippen LogP) is 13.5. The molecule has 8 aromatic rings. The molecule has 4 heterocycles. The smallest absolute Gasteiger partial charge is 0.252 e. The zero-order valence-corrected chi connectivity index (χ0v) is 36.6. The summed E-state index contributed by atoms with van der Waals surface area (Å²) >= 11 is 0. The van der Waals surface area contributed by atoms with Crippen LogP contribution in [0.2, 0.25) is 0 Å². The molecule has 4 aliphatic heterocycles. The summed E-state index contributed by atoms with van der Waals surface area (Å²) < 4.78 is 0. The van der Waals surface area contributed by atoms with Gasteiger partial charge in [0.15, 0.2) is 0 Å². The number of anilines is 8. The van der Waals surface area contributed by atoms with Crippen LogP contribution in [0.25, 0.3) is 22.3 Å². The van der Waals surface area contributed by atoms with Gasteiger partial charge in [-0.1, -0.05) is 155 Å². The van der Waals surface area contributed by atoms with Crippen molar-refractivity contribution in [3.05, 3.63) is 199 Å². The Labute approximate surface area is 372 Å². The summed E-state index contributed by atoms with van der Waals surface area (Å²) in [5, 5.41) is 0. The number of hydrogen-bond donors (Lipinski definition) is 0. The lowest BCUT2D eigenvalue weighted by Crippen LogP contribution is -2.67. The monoisotopic (exact) mass is 811 g/mol. The van der Waals surface area contributed by atoms with Gasteiger partial charge >= 0.3 is 0 Å². The highest BCUT2D eigenvalue weighted by atomic mass is 15.3. The minimum atomic E-state index is -0.189. The highest BCUT2D eigenvalue weighted by Crippen LogP contribution is 2.62. The Hall–Kier alpha value is -6.78. The average Bonchev–Trinajstić information content (AvgIpc) is 3.54. The number of fused-ring (bicyclic) bond motifs is 3. The largest absolute Gasteiger partial charge is 0.334 e. The highest BCUT2D eigenvalue weighted by molar-refractivity contribution is 7.01. The Bertz CT molecular complexity index is 3140. The van der Waals surface area contributed by atoms with Gasteiger partial charge in [-0.25, -0.2) is 0 Å². The molecule has 8 aromatic carbocycles. The fourth-order valence-corrected chi connectivity index (χ4v) is 13.0. The number of benzene rings is 8. The van der Waals surface area contributed by atoms with Gasteiger partial charge in [0, 0.05) is 56.3 Å². The van der Waals surface area contributed by atoms with Crippen molar-refractivity contribution >= 4 is 68.6 Å². The maximum Gasteiger partial charge on any atom is 0.252 e. The van der Waals surface area contributed by atoms with Crippen LogP contribution >= 0.6 is 0 Å². The van der Waals surface area contributed by atoms with Gasteiger partial charge < -0.3 is 14.7 Å². The van der Waals surface area contributed by atoms with E-state index in [0.717, 1.165) is 6.42 Å². The molecule has 4 heteroatoms. The molecule has 2 unspecified atom stereocenters. The zero-order valence-electron chi connectivity index (χ0n) is 36.6. The number of para-hydroxylation sites is 1. The molecule has 0 amide bonds. The molecule has 0 aromatic heterocycles. The van der Waals surface area contributed by atoms with E-state index < -0.39 is 0 Å². The first kappa shape index (κ1) is 36.8. The summed E-state index contributed by atoms with van der Waals surface area (Å²) in [4.78, 5) is 8.00. The first-order chi connectivity index (χ1) is 30.8. The first-order valence-corrected chi connectivity index (χ1v) is 23.0. The lowest BCUT2D eigenvalue weighted by Gasteiger charge is -2.52. The van der Waals surface area contributed by atoms with Crippen molar-refractivity contribution in [1.29, 1.82) is 0 Å². The van der Waals surface area contributed by atoms with Crippen LogP contribution < -0.4 is 31.1 Å². The van der Waals surface area contributed by atoms with Gasteiger partial charge in [-0.05, 0) is 136 Å². The zero-order chi connectivity index (χ0) is 42.2. The molecule has 2 atom stereocenters. The van der Waals surface area contributed by atoms with E-state index in [1.54, 1.807) is 0 Å². The van der Waals surface area contributed by atoms with E-state index in [2.05, 4.69) is 224 Å². The van der Waals surface area contributed by atoms with Crippen LogP contribution in [0.15, 0.2) is 182 Å². The molecule has 304 valence electrons. The second kappa shape index (κ2) is 13.1. The van der Waals surface area contributed by atoms with Crippen LogP contribution in [-0.4, -0.2) is 12.3 Å². The van der Waals surface area contributed by atoms with E-state index in [9.17, 15) is 0 Å². The van der Waals surface area contributed by atoms with Crippen molar-refractivity contribution < 1.29 is 0 Å². The van der Waals surface area contributed by atoms with Gasteiger partial charge in [-0.3, -0.25) is 0 Å². The fraction of sp³-hybridized carbons (Fsp3) is 0.186. The predicted molar refractivity (Wildman–Crippen MR) is 266 cm³/mol. The molecule has 0 saturated heterocycles. The maximum atomic E-state index is 2.79. The van der Waals surface area contributed by atoms with E-state index in [-0.39, 0.29) is 23.1 Å². The number of hydrogen-bond acceptors (Lipinski definition) is 3. The lowest BCUT2D eigenvalue weighted by atomic mass is 9.28. The molecule has 1 aliphatic carbocycles. The summed E-state index contributed by atoms with van der Waals surface area (Å²) in [6.45, 7) is 10.1. The molecule has 1 fully saturated rings. The second-order valence-corrected chi connectivity index (χ2v) is 19.6. The van der Waals surface area contributed by atoms with Gasteiger partial charge in [0.05, 0.1) is 5.54 Å². The summed E-state index contributed by atoms with van der Waals surface area (Å²) in [5.74, 6) is 0. The third-order valence-corrected chi connectivity index (χ3v) is 16.2. The highest BCUT2D eigenvalue weighted by Gasteiger charge is 2.58. The number of nitrogens with zero attached hydrogens (tertiary/aromatic N) is 3. The van der Waals surface area contributed by atoms with Crippen molar-refractivity contribution in [2.45, 2.75) is 69.7 Å². The Morgan fingerprint density at radius 2 is 0.889 bits per heavy atom. The molecule has 0 N–H and O–H groups in total. The third kappa shape index (κ3) is 4.93. The van der Waals surface area contributed by atoms with Crippen LogP contribution in [0.5, 0.6) is 0 Å². The van der Waals surface area contributed by atoms with Crippen LogP contribution in [0.3, 0.4) is 0 Å². The van der Waals surface area contributed by atoms with E-state index in [1.165, 1.54) is 120 Å². The minimum absolute atomic E-state index is 0.0253. The minimum Gasteiger partial charge on any atom is -0.334 e. The Morgan fingerprint density at radius 3 is 1.49 bits per heavy atom. The Morgan fingerprint density at radius 1 is 0.381 bits per heavy atom. The Balaban J connectivity index is 1.11. The molecule has 63 heavy (non-hydrogen) atoms. The molecule has 0 spiro atoms. The van der Waals surface area contributed by atoms with Gasteiger partial charge in [0.1, 0.15) is 0 Å². The van der Waals surface area contributed by atoms with Crippen LogP contribution in [0, 0.1) is 0 Å². The third-order valence-electron chi connectivity index (χ3n) is 16.2. The van der Waals surface area contributed by atoms with E-state index >= 15 is 0 Å². The molecular weight excluding hydrogens is 761 g/mol. The normalized spacial score (nSPS) is 20.6. The second-order valence-electron chi connectivity index (χ2n) is 19.6. The molecule has 13 rings (SSSR count). The lowest BCUT2D eigenvalue weighted by molar-refractivity contribution is 0.195. The van der Waals surface area contributed by atoms with Crippen molar-refractivity contribution in [1.82, 2.24) is 0 Å². The van der Waals surface area contributed by atoms with Crippen LogP contribution in [0.1, 0.15) is 70.1 Å². The quantitative estimate of drug-likeness (QED) is 0.160. The molecule has 0 radical (unpaired) electrons. The molecule has 0 bridgehead atoms. The molecular formula is C59H50BN3.